The molecule has 0 aliphatic heterocycles. The lowest BCUT2D eigenvalue weighted by Crippen LogP contribution is -2.13. The van der Waals surface area contributed by atoms with Crippen molar-refractivity contribution in [2.75, 3.05) is 5.32 Å². The van der Waals surface area contributed by atoms with E-state index in [1.54, 1.807) is 53.3 Å². The first-order chi connectivity index (χ1) is 15.5. The average molecular weight is 470 g/mol. The Morgan fingerprint density at radius 2 is 1.84 bits per heavy atom. The number of nitrogens with one attached hydrogen (secondary N) is 1. The monoisotopic (exact) mass is 469 g/mol. The topological polar surface area (TPSA) is 56.2 Å². The first kappa shape index (κ1) is 21.9. The van der Waals surface area contributed by atoms with Crippen molar-refractivity contribution in [3.05, 3.63) is 112 Å². The van der Waals surface area contributed by atoms with E-state index in [4.69, 9.17) is 27.9 Å². The number of amides is 1. The van der Waals surface area contributed by atoms with Crippen LogP contribution in [0.1, 0.15) is 21.5 Å². The number of hydrogen-bond donors (Lipinski definition) is 1. The van der Waals surface area contributed by atoms with Crippen LogP contribution >= 0.6 is 23.2 Å². The Morgan fingerprint density at radius 3 is 2.66 bits per heavy atom. The number of halogens is 3. The van der Waals surface area contributed by atoms with Gasteiger partial charge >= 0.3 is 0 Å². The molecule has 32 heavy (non-hydrogen) atoms. The zero-order chi connectivity index (χ0) is 22.5. The van der Waals surface area contributed by atoms with E-state index in [9.17, 15) is 9.18 Å². The fraction of sp³-hybridized carbons (Fsp3) is 0.0833. The minimum absolute atomic E-state index is 0.276. The van der Waals surface area contributed by atoms with E-state index < -0.39 is 5.82 Å². The number of anilines is 1. The molecule has 0 atom stereocenters. The first-order valence-corrected chi connectivity index (χ1v) is 10.5. The van der Waals surface area contributed by atoms with Crippen LogP contribution in [0.15, 0.2) is 79.0 Å². The van der Waals surface area contributed by atoms with Crippen molar-refractivity contribution in [1.29, 1.82) is 0 Å². The van der Waals surface area contributed by atoms with E-state index in [-0.39, 0.29) is 12.5 Å². The molecule has 0 unspecified atom stereocenters. The van der Waals surface area contributed by atoms with Gasteiger partial charge in [-0.2, -0.15) is 5.10 Å². The van der Waals surface area contributed by atoms with E-state index >= 15 is 0 Å². The summed E-state index contributed by atoms with van der Waals surface area (Å²) in [5.41, 5.74) is 2.02. The number of hydrogen-bond acceptors (Lipinski definition) is 3. The molecule has 1 N–H and O–H groups in total. The third-order valence-corrected chi connectivity index (χ3v) is 5.31. The van der Waals surface area contributed by atoms with E-state index in [0.29, 0.717) is 33.7 Å². The maximum atomic E-state index is 13.2. The third-order valence-electron chi connectivity index (χ3n) is 4.65. The highest BCUT2D eigenvalue weighted by molar-refractivity contribution is 6.32. The van der Waals surface area contributed by atoms with Gasteiger partial charge in [-0.25, -0.2) is 4.39 Å². The average Bonchev–Trinajstić information content (AvgIpc) is 3.22. The summed E-state index contributed by atoms with van der Waals surface area (Å²) in [4.78, 5) is 12.7. The Bertz CT molecular complexity index is 1260. The molecule has 3 aromatic carbocycles. The molecule has 4 rings (SSSR count). The Hall–Kier alpha value is -3.35. The molecule has 0 saturated heterocycles. The molecule has 5 nitrogen and oxygen atoms in total. The summed E-state index contributed by atoms with van der Waals surface area (Å²) in [5.74, 6) is 0.281. The van der Waals surface area contributed by atoms with Crippen LogP contribution in [-0.4, -0.2) is 15.7 Å². The van der Waals surface area contributed by atoms with Gasteiger partial charge in [0.25, 0.3) is 5.91 Å². The van der Waals surface area contributed by atoms with Crippen LogP contribution in [0.4, 0.5) is 10.2 Å². The summed E-state index contributed by atoms with van der Waals surface area (Å²) in [6.07, 6.45) is 1.71. The molecular weight excluding hydrogens is 452 g/mol. The maximum absolute atomic E-state index is 13.2. The smallest absolute Gasteiger partial charge is 0.256 e. The number of carbonyl (C=O) groups excluding carboxylic acids is 1. The summed E-state index contributed by atoms with van der Waals surface area (Å²) in [7, 11) is 0. The number of aromatic nitrogens is 2. The van der Waals surface area contributed by atoms with Gasteiger partial charge in [-0.05, 0) is 47.5 Å². The standard InChI is InChI=1S/C24H18Cl2FN3O2/c25-20-6-1-2-7-22(20)32-15-16-4-3-5-17(12-16)24(31)28-23-10-11-30(29-23)14-18-8-9-19(27)13-21(18)26/h1-13H,14-15H2,(H,28,29,31). The molecule has 0 aliphatic carbocycles. The predicted octanol–water partition coefficient (Wildman–Crippen LogP) is 6.21. The summed E-state index contributed by atoms with van der Waals surface area (Å²) >= 11 is 12.2. The zero-order valence-corrected chi connectivity index (χ0v) is 18.3. The second kappa shape index (κ2) is 9.85. The highest BCUT2D eigenvalue weighted by Gasteiger charge is 2.10. The zero-order valence-electron chi connectivity index (χ0n) is 16.8. The van der Waals surface area contributed by atoms with Gasteiger partial charge in [0.15, 0.2) is 5.82 Å². The number of rotatable bonds is 7. The molecule has 0 aliphatic rings. The molecule has 0 saturated carbocycles. The van der Waals surface area contributed by atoms with Crippen molar-refractivity contribution in [2.45, 2.75) is 13.2 Å². The van der Waals surface area contributed by atoms with E-state index in [1.807, 2.05) is 18.2 Å². The summed E-state index contributed by atoms with van der Waals surface area (Å²) < 4.78 is 20.6. The van der Waals surface area contributed by atoms with Gasteiger partial charge in [-0.15, -0.1) is 0 Å². The van der Waals surface area contributed by atoms with Crippen LogP contribution in [0.2, 0.25) is 10.0 Å². The normalized spacial score (nSPS) is 10.7. The van der Waals surface area contributed by atoms with Gasteiger partial charge in [-0.3, -0.25) is 9.48 Å². The van der Waals surface area contributed by atoms with Crippen LogP contribution in [-0.2, 0) is 13.2 Å². The van der Waals surface area contributed by atoms with Crippen molar-refractivity contribution in [3.8, 4) is 5.75 Å². The Morgan fingerprint density at radius 1 is 1.00 bits per heavy atom. The molecule has 0 spiro atoms. The largest absolute Gasteiger partial charge is 0.487 e. The van der Waals surface area contributed by atoms with Crippen molar-refractivity contribution in [1.82, 2.24) is 9.78 Å². The number of nitrogens with zero attached hydrogens (tertiary/aromatic N) is 2. The van der Waals surface area contributed by atoms with Crippen molar-refractivity contribution < 1.29 is 13.9 Å². The van der Waals surface area contributed by atoms with Crippen LogP contribution < -0.4 is 10.1 Å². The fourth-order valence-corrected chi connectivity index (χ4v) is 3.47. The molecule has 1 heterocycles. The fourth-order valence-electron chi connectivity index (χ4n) is 3.05. The van der Waals surface area contributed by atoms with Gasteiger partial charge in [-0.1, -0.05) is 53.5 Å². The molecule has 0 bridgehead atoms. The summed E-state index contributed by atoms with van der Waals surface area (Å²) in [6, 6.07) is 20.2. The Kier molecular flexibility index (Phi) is 6.73. The molecule has 8 heteroatoms. The summed E-state index contributed by atoms with van der Waals surface area (Å²) in [5, 5.41) is 7.96. The van der Waals surface area contributed by atoms with Crippen LogP contribution in [0.3, 0.4) is 0 Å². The number of ether oxygens (including phenoxy) is 1. The Labute approximate surface area is 194 Å². The maximum Gasteiger partial charge on any atom is 0.256 e. The SMILES string of the molecule is O=C(Nc1ccn(Cc2ccc(F)cc2Cl)n1)c1cccc(COc2ccccc2Cl)c1. The van der Waals surface area contributed by atoms with E-state index in [1.165, 1.54) is 12.1 Å². The van der Waals surface area contributed by atoms with E-state index in [2.05, 4.69) is 10.4 Å². The van der Waals surface area contributed by atoms with Gasteiger partial charge < -0.3 is 10.1 Å². The molecule has 162 valence electrons. The van der Waals surface area contributed by atoms with Gasteiger partial charge in [0.2, 0.25) is 0 Å². The third kappa shape index (κ3) is 5.46. The molecule has 1 amide bonds. The number of benzene rings is 3. The minimum atomic E-state index is -0.397. The van der Waals surface area contributed by atoms with Crippen molar-refractivity contribution in [3.63, 3.8) is 0 Å². The quantitative estimate of drug-likeness (QED) is 0.350. The van der Waals surface area contributed by atoms with Crippen LogP contribution in [0.5, 0.6) is 5.75 Å². The lowest BCUT2D eigenvalue weighted by molar-refractivity contribution is 0.102. The summed E-state index contributed by atoms with van der Waals surface area (Å²) in [6.45, 7) is 0.627. The number of para-hydroxylation sites is 1. The van der Waals surface area contributed by atoms with Crippen molar-refractivity contribution in [2.24, 2.45) is 0 Å². The van der Waals surface area contributed by atoms with Gasteiger partial charge in [0, 0.05) is 22.8 Å². The minimum Gasteiger partial charge on any atom is -0.487 e. The van der Waals surface area contributed by atoms with E-state index in [0.717, 1.165) is 11.1 Å². The van der Waals surface area contributed by atoms with Crippen LogP contribution in [0.25, 0.3) is 0 Å². The highest BCUT2D eigenvalue weighted by Crippen LogP contribution is 2.24. The molecule has 1 aromatic heterocycles. The number of carbonyl (C=O) groups is 1. The molecule has 0 fully saturated rings. The second-order valence-corrected chi connectivity index (χ2v) is 7.82. The second-order valence-electron chi connectivity index (χ2n) is 7.01. The lowest BCUT2D eigenvalue weighted by atomic mass is 10.1. The molecule has 4 aromatic rings. The van der Waals surface area contributed by atoms with Crippen molar-refractivity contribution >= 4 is 34.9 Å². The molecule has 0 radical (unpaired) electrons. The molecular formula is C24H18Cl2FN3O2. The van der Waals surface area contributed by atoms with Gasteiger partial charge in [0.1, 0.15) is 18.2 Å². The predicted molar refractivity (Wildman–Crippen MR) is 123 cm³/mol. The lowest BCUT2D eigenvalue weighted by Gasteiger charge is -2.09. The van der Waals surface area contributed by atoms with Crippen LogP contribution in [0, 0.1) is 5.82 Å². The van der Waals surface area contributed by atoms with Gasteiger partial charge in [0.05, 0.1) is 11.6 Å². The highest BCUT2D eigenvalue weighted by atomic mass is 35.5. The Balaban J connectivity index is 1.39. The first-order valence-electron chi connectivity index (χ1n) is 9.73.